The van der Waals surface area contributed by atoms with Crippen molar-refractivity contribution in [2.45, 2.75) is 58.3 Å². The van der Waals surface area contributed by atoms with E-state index in [1.54, 1.807) is 26.0 Å². The normalized spacial score (nSPS) is 18.9. The van der Waals surface area contributed by atoms with Crippen LogP contribution in [0.4, 0.5) is 13.2 Å². The maximum Gasteiger partial charge on any atom is 0.409 e. The molecule has 6 heteroatoms. The molecular weight excluding hydrogens is 353 g/mol. The van der Waals surface area contributed by atoms with Gasteiger partial charge in [0, 0.05) is 12.0 Å². The Kier molecular flexibility index (Phi) is 4.97. The van der Waals surface area contributed by atoms with E-state index < -0.39 is 23.7 Å². The number of carbonyl (C=O) groups is 1. The number of nitrogens with zero attached hydrogens (tertiary/aromatic N) is 1. The first-order valence-corrected chi connectivity index (χ1v) is 9.16. The SMILES string of the molecule is CC(C)Cc1ccc2c(C(N3NC(=O)CC3(C)C)C(F)(F)F)cccc2c1. The van der Waals surface area contributed by atoms with Crippen molar-refractivity contribution in [2.75, 3.05) is 0 Å². The van der Waals surface area contributed by atoms with E-state index in [0.717, 1.165) is 22.4 Å². The number of benzene rings is 2. The molecule has 1 unspecified atom stereocenters. The van der Waals surface area contributed by atoms with Gasteiger partial charge in [-0.05, 0) is 48.1 Å². The van der Waals surface area contributed by atoms with Gasteiger partial charge < -0.3 is 0 Å². The Morgan fingerprint density at radius 2 is 1.89 bits per heavy atom. The van der Waals surface area contributed by atoms with Crippen LogP contribution in [0.25, 0.3) is 10.8 Å². The van der Waals surface area contributed by atoms with Crippen LogP contribution in [0.15, 0.2) is 36.4 Å². The molecule has 1 aliphatic rings. The third-order valence-electron chi connectivity index (χ3n) is 4.98. The summed E-state index contributed by atoms with van der Waals surface area (Å²) in [5.41, 5.74) is 2.76. The Balaban J connectivity index is 2.13. The molecule has 0 aliphatic carbocycles. The lowest BCUT2D eigenvalue weighted by Gasteiger charge is -2.38. The highest BCUT2D eigenvalue weighted by molar-refractivity contribution is 5.87. The van der Waals surface area contributed by atoms with E-state index in [9.17, 15) is 18.0 Å². The highest BCUT2D eigenvalue weighted by atomic mass is 19.4. The molecule has 2 aromatic carbocycles. The van der Waals surface area contributed by atoms with Crippen molar-refractivity contribution < 1.29 is 18.0 Å². The summed E-state index contributed by atoms with van der Waals surface area (Å²) < 4.78 is 42.3. The van der Waals surface area contributed by atoms with Crippen molar-refractivity contribution in [1.29, 1.82) is 0 Å². The second-order valence-corrected chi connectivity index (χ2v) is 8.34. The zero-order chi connectivity index (χ0) is 20.0. The third-order valence-corrected chi connectivity index (χ3v) is 4.98. The smallest absolute Gasteiger partial charge is 0.287 e. The van der Waals surface area contributed by atoms with Crippen LogP contribution in [0, 0.1) is 5.92 Å². The molecule has 1 saturated heterocycles. The summed E-state index contributed by atoms with van der Waals surface area (Å²) in [7, 11) is 0. The molecule has 0 saturated carbocycles. The highest BCUT2D eigenvalue weighted by Gasteiger charge is 2.53. The standard InChI is InChI=1S/C21H25F3N2O/c1-13(2)10-14-8-9-16-15(11-14)6-5-7-17(16)19(21(22,23)24)26-20(3,4)12-18(27)25-26/h5-9,11,13,19H,10,12H2,1-4H3,(H,25,27). The van der Waals surface area contributed by atoms with Gasteiger partial charge in [0.2, 0.25) is 5.91 Å². The fraction of sp³-hybridized carbons (Fsp3) is 0.476. The van der Waals surface area contributed by atoms with Crippen molar-refractivity contribution in [2.24, 2.45) is 5.92 Å². The summed E-state index contributed by atoms with van der Waals surface area (Å²) in [6.07, 6.45) is -3.62. The molecule has 146 valence electrons. The van der Waals surface area contributed by atoms with Crippen LogP contribution in [0.5, 0.6) is 0 Å². The summed E-state index contributed by atoms with van der Waals surface area (Å²) in [6, 6.07) is 8.71. The molecular formula is C21H25F3N2O. The van der Waals surface area contributed by atoms with Gasteiger partial charge in [-0.2, -0.15) is 18.2 Å². The second-order valence-electron chi connectivity index (χ2n) is 8.34. The molecule has 1 N–H and O–H groups in total. The zero-order valence-corrected chi connectivity index (χ0v) is 16.0. The van der Waals surface area contributed by atoms with Gasteiger partial charge in [-0.3, -0.25) is 10.2 Å². The largest absolute Gasteiger partial charge is 0.409 e. The zero-order valence-electron chi connectivity index (χ0n) is 16.0. The predicted octanol–water partition coefficient (Wildman–Crippen LogP) is 5.16. The lowest BCUT2D eigenvalue weighted by Crippen LogP contribution is -2.51. The predicted molar refractivity (Wildman–Crippen MR) is 100.0 cm³/mol. The number of nitrogens with one attached hydrogen (secondary N) is 1. The Hall–Kier alpha value is -2.08. The molecule has 1 fully saturated rings. The number of alkyl halides is 3. The van der Waals surface area contributed by atoms with E-state index in [0.29, 0.717) is 11.3 Å². The number of fused-ring (bicyclic) bond motifs is 1. The summed E-state index contributed by atoms with van der Waals surface area (Å²) in [4.78, 5) is 11.8. The average molecular weight is 378 g/mol. The molecule has 0 aromatic heterocycles. The molecule has 2 aromatic rings. The van der Waals surface area contributed by atoms with Gasteiger partial charge in [-0.15, -0.1) is 0 Å². The Morgan fingerprint density at radius 3 is 2.44 bits per heavy atom. The molecule has 0 radical (unpaired) electrons. The first-order valence-electron chi connectivity index (χ1n) is 9.16. The highest BCUT2D eigenvalue weighted by Crippen LogP contribution is 2.44. The van der Waals surface area contributed by atoms with Crippen LogP contribution >= 0.6 is 0 Å². The van der Waals surface area contributed by atoms with Gasteiger partial charge in [0.15, 0.2) is 6.04 Å². The van der Waals surface area contributed by atoms with Crippen LogP contribution in [0.3, 0.4) is 0 Å². The fourth-order valence-corrected chi connectivity index (χ4v) is 3.87. The van der Waals surface area contributed by atoms with E-state index in [2.05, 4.69) is 19.3 Å². The number of halogens is 3. The summed E-state index contributed by atoms with van der Waals surface area (Å²) in [5, 5.41) is 2.40. The van der Waals surface area contributed by atoms with Gasteiger partial charge in [-0.25, -0.2) is 0 Å². The number of carbonyl (C=O) groups excluding carboxylic acids is 1. The number of hydrazine groups is 1. The van der Waals surface area contributed by atoms with Gasteiger partial charge in [0.25, 0.3) is 0 Å². The van der Waals surface area contributed by atoms with Gasteiger partial charge >= 0.3 is 6.18 Å². The van der Waals surface area contributed by atoms with Crippen LogP contribution in [-0.2, 0) is 11.2 Å². The van der Waals surface area contributed by atoms with Crippen molar-refractivity contribution in [3.05, 3.63) is 47.5 Å². The third kappa shape index (κ3) is 3.95. The van der Waals surface area contributed by atoms with Crippen LogP contribution in [0.2, 0.25) is 0 Å². The second kappa shape index (κ2) is 6.82. The minimum atomic E-state index is -4.53. The summed E-state index contributed by atoms with van der Waals surface area (Å²) in [6.45, 7) is 7.52. The molecule has 1 amide bonds. The first-order chi connectivity index (χ1) is 12.5. The van der Waals surface area contributed by atoms with Crippen molar-refractivity contribution >= 4 is 16.7 Å². The lowest BCUT2D eigenvalue weighted by atomic mass is 9.92. The Bertz CT molecular complexity index is 858. The minimum absolute atomic E-state index is 0.0306. The van der Waals surface area contributed by atoms with Crippen LogP contribution in [-0.4, -0.2) is 22.6 Å². The first kappa shape index (κ1) is 19.7. The molecule has 1 atom stereocenters. The minimum Gasteiger partial charge on any atom is -0.287 e. The quantitative estimate of drug-likeness (QED) is 0.797. The van der Waals surface area contributed by atoms with Gasteiger partial charge in [0.1, 0.15) is 0 Å². The Labute approximate surface area is 157 Å². The summed E-state index contributed by atoms with van der Waals surface area (Å²) >= 11 is 0. The van der Waals surface area contributed by atoms with Gasteiger partial charge in [-0.1, -0.05) is 50.2 Å². The van der Waals surface area contributed by atoms with E-state index in [-0.39, 0.29) is 12.0 Å². The van der Waals surface area contributed by atoms with Gasteiger partial charge in [0.05, 0.1) is 0 Å². The number of rotatable bonds is 4. The van der Waals surface area contributed by atoms with Crippen molar-refractivity contribution in [3.63, 3.8) is 0 Å². The number of hydrogen-bond acceptors (Lipinski definition) is 2. The monoisotopic (exact) mass is 378 g/mol. The molecule has 3 nitrogen and oxygen atoms in total. The lowest BCUT2D eigenvalue weighted by molar-refractivity contribution is -0.203. The van der Waals surface area contributed by atoms with E-state index >= 15 is 0 Å². The van der Waals surface area contributed by atoms with Crippen LogP contribution in [0.1, 0.15) is 51.3 Å². The molecule has 27 heavy (non-hydrogen) atoms. The Morgan fingerprint density at radius 1 is 1.19 bits per heavy atom. The molecule has 0 spiro atoms. The van der Waals surface area contributed by atoms with E-state index in [1.807, 2.05) is 18.2 Å². The van der Waals surface area contributed by atoms with Crippen LogP contribution < -0.4 is 5.43 Å². The fourth-order valence-electron chi connectivity index (χ4n) is 3.87. The van der Waals surface area contributed by atoms with E-state index in [4.69, 9.17) is 0 Å². The topological polar surface area (TPSA) is 32.3 Å². The molecule has 3 rings (SSSR count). The molecule has 1 aliphatic heterocycles. The average Bonchev–Trinajstić information content (AvgIpc) is 2.78. The maximum atomic E-state index is 14.1. The number of amides is 1. The molecule has 1 heterocycles. The van der Waals surface area contributed by atoms with Crippen molar-refractivity contribution in [1.82, 2.24) is 10.4 Å². The van der Waals surface area contributed by atoms with E-state index in [1.165, 1.54) is 6.07 Å². The summed E-state index contributed by atoms with van der Waals surface area (Å²) in [5.74, 6) is 0.0721. The number of hydrogen-bond donors (Lipinski definition) is 1. The maximum absolute atomic E-state index is 14.1. The van der Waals surface area contributed by atoms with Crippen molar-refractivity contribution in [3.8, 4) is 0 Å². The molecule has 0 bridgehead atoms.